The number of para-hydroxylation sites is 1. The molecular formula is C20H19ClN4O3S. The molecule has 2 aromatic carbocycles. The molecule has 1 heterocycles. The van der Waals surface area contributed by atoms with Gasteiger partial charge in [-0.15, -0.1) is 10.2 Å². The number of anilines is 1. The van der Waals surface area contributed by atoms with Gasteiger partial charge in [-0.1, -0.05) is 47.6 Å². The largest absolute Gasteiger partial charge is 0.465 e. The Bertz CT molecular complexity index is 1040. The van der Waals surface area contributed by atoms with Gasteiger partial charge >= 0.3 is 5.97 Å². The Hall–Kier alpha value is -2.84. The summed E-state index contributed by atoms with van der Waals surface area (Å²) in [7, 11) is 1.30. The average Bonchev–Trinajstić information content (AvgIpc) is 3.15. The van der Waals surface area contributed by atoms with Crippen molar-refractivity contribution in [2.75, 3.05) is 18.2 Å². The van der Waals surface area contributed by atoms with Gasteiger partial charge in [-0.3, -0.25) is 4.79 Å². The Morgan fingerprint density at radius 3 is 2.69 bits per heavy atom. The van der Waals surface area contributed by atoms with Gasteiger partial charge in [0.25, 0.3) is 0 Å². The van der Waals surface area contributed by atoms with Gasteiger partial charge in [0, 0.05) is 17.1 Å². The van der Waals surface area contributed by atoms with Crippen LogP contribution in [0.2, 0.25) is 5.02 Å². The van der Waals surface area contributed by atoms with Gasteiger partial charge in [-0.25, -0.2) is 4.79 Å². The second-order valence-electron chi connectivity index (χ2n) is 5.93. The van der Waals surface area contributed by atoms with Crippen LogP contribution in [-0.4, -0.2) is 39.5 Å². The van der Waals surface area contributed by atoms with Gasteiger partial charge in [0.15, 0.2) is 11.0 Å². The smallest absolute Gasteiger partial charge is 0.339 e. The number of esters is 1. The molecule has 1 N–H and O–H groups in total. The maximum absolute atomic E-state index is 12.4. The van der Waals surface area contributed by atoms with E-state index < -0.39 is 5.97 Å². The minimum atomic E-state index is -0.509. The second-order valence-corrected chi connectivity index (χ2v) is 7.31. The van der Waals surface area contributed by atoms with Gasteiger partial charge in [-0.2, -0.15) is 0 Å². The molecule has 29 heavy (non-hydrogen) atoms. The van der Waals surface area contributed by atoms with E-state index in [-0.39, 0.29) is 11.7 Å². The molecule has 7 nitrogen and oxygen atoms in total. The molecule has 0 saturated carbocycles. The number of hydrogen-bond acceptors (Lipinski definition) is 6. The highest BCUT2D eigenvalue weighted by atomic mass is 35.5. The van der Waals surface area contributed by atoms with Gasteiger partial charge in [0.1, 0.15) is 0 Å². The number of carbonyl (C=O) groups is 2. The molecular weight excluding hydrogens is 412 g/mol. The topological polar surface area (TPSA) is 86.1 Å². The van der Waals surface area contributed by atoms with Gasteiger partial charge in [0.05, 0.1) is 24.1 Å². The summed E-state index contributed by atoms with van der Waals surface area (Å²) in [5.74, 6) is 0.0316. The number of methoxy groups -OCH3 is 1. The standard InChI is InChI=1S/C20H19ClN4O3S/c1-3-25-18(13-7-6-8-14(21)11-13)23-24-20(25)29-12-17(26)22-16-10-5-4-9-15(16)19(27)28-2/h4-11H,3,12H2,1-2H3,(H,22,26). The van der Waals surface area contributed by atoms with Crippen molar-refractivity contribution in [3.05, 3.63) is 59.1 Å². The zero-order chi connectivity index (χ0) is 20.8. The van der Waals surface area contributed by atoms with E-state index in [9.17, 15) is 9.59 Å². The second kappa shape index (κ2) is 9.58. The summed E-state index contributed by atoms with van der Waals surface area (Å²) in [6, 6.07) is 14.1. The predicted octanol–water partition coefficient (Wildman–Crippen LogP) is 4.14. The minimum Gasteiger partial charge on any atom is -0.465 e. The molecule has 3 rings (SSSR count). The number of hydrogen-bond donors (Lipinski definition) is 1. The quantitative estimate of drug-likeness (QED) is 0.448. The first-order valence-corrected chi connectivity index (χ1v) is 10.2. The number of aromatic nitrogens is 3. The Morgan fingerprint density at radius 2 is 1.97 bits per heavy atom. The first-order chi connectivity index (χ1) is 14.0. The van der Waals surface area contributed by atoms with Crippen molar-refractivity contribution in [3.63, 3.8) is 0 Å². The first-order valence-electron chi connectivity index (χ1n) is 8.82. The lowest BCUT2D eigenvalue weighted by Crippen LogP contribution is -2.17. The maximum atomic E-state index is 12.4. The number of ether oxygens (including phenoxy) is 1. The number of carbonyl (C=O) groups excluding carboxylic acids is 2. The number of nitrogens with one attached hydrogen (secondary N) is 1. The van der Waals surface area contributed by atoms with Crippen LogP contribution in [0.5, 0.6) is 0 Å². The van der Waals surface area contributed by atoms with E-state index in [1.54, 1.807) is 30.3 Å². The van der Waals surface area contributed by atoms with Crippen LogP contribution in [0.3, 0.4) is 0 Å². The minimum absolute atomic E-state index is 0.114. The molecule has 0 spiro atoms. The lowest BCUT2D eigenvalue weighted by atomic mass is 10.2. The third kappa shape index (κ3) is 4.96. The number of halogens is 1. The molecule has 0 unspecified atom stereocenters. The fourth-order valence-electron chi connectivity index (χ4n) is 2.72. The van der Waals surface area contributed by atoms with E-state index in [1.165, 1.54) is 18.9 Å². The van der Waals surface area contributed by atoms with E-state index in [4.69, 9.17) is 16.3 Å². The molecule has 0 aliphatic heterocycles. The molecule has 0 saturated heterocycles. The third-order valence-electron chi connectivity index (χ3n) is 4.05. The molecule has 0 atom stereocenters. The van der Waals surface area contributed by atoms with Gasteiger partial charge in [-0.05, 0) is 31.2 Å². The number of thioether (sulfide) groups is 1. The van der Waals surface area contributed by atoms with E-state index >= 15 is 0 Å². The fraction of sp³-hybridized carbons (Fsp3) is 0.200. The van der Waals surface area contributed by atoms with Crippen LogP contribution in [0, 0.1) is 0 Å². The Labute approximate surface area is 177 Å². The molecule has 1 amide bonds. The van der Waals surface area contributed by atoms with Crippen LogP contribution < -0.4 is 5.32 Å². The monoisotopic (exact) mass is 430 g/mol. The molecule has 0 radical (unpaired) electrons. The van der Waals surface area contributed by atoms with E-state index in [1.807, 2.05) is 29.7 Å². The lowest BCUT2D eigenvalue weighted by Gasteiger charge is -2.10. The SMILES string of the molecule is CCn1c(SCC(=O)Nc2ccccc2C(=O)OC)nnc1-c1cccc(Cl)c1. The predicted molar refractivity (Wildman–Crippen MR) is 113 cm³/mol. The molecule has 9 heteroatoms. The summed E-state index contributed by atoms with van der Waals surface area (Å²) in [5.41, 5.74) is 1.56. The zero-order valence-electron chi connectivity index (χ0n) is 15.9. The van der Waals surface area contributed by atoms with Crippen molar-refractivity contribution in [1.82, 2.24) is 14.8 Å². The van der Waals surface area contributed by atoms with Crippen LogP contribution in [0.15, 0.2) is 53.7 Å². The van der Waals surface area contributed by atoms with Crippen LogP contribution >= 0.6 is 23.4 Å². The van der Waals surface area contributed by atoms with Gasteiger partial charge < -0.3 is 14.6 Å². The van der Waals surface area contributed by atoms with E-state index in [0.29, 0.717) is 33.8 Å². The van der Waals surface area contributed by atoms with E-state index in [0.717, 1.165) is 5.56 Å². The number of nitrogens with zero attached hydrogens (tertiary/aromatic N) is 3. The van der Waals surface area contributed by atoms with Crippen LogP contribution in [0.25, 0.3) is 11.4 Å². The Morgan fingerprint density at radius 1 is 1.17 bits per heavy atom. The normalized spacial score (nSPS) is 10.6. The molecule has 0 aliphatic carbocycles. The van der Waals surface area contributed by atoms with Gasteiger partial charge in [0.2, 0.25) is 5.91 Å². The third-order valence-corrected chi connectivity index (χ3v) is 5.26. The van der Waals surface area contributed by atoms with Crippen molar-refractivity contribution < 1.29 is 14.3 Å². The summed E-state index contributed by atoms with van der Waals surface area (Å²) < 4.78 is 6.67. The highest BCUT2D eigenvalue weighted by Gasteiger charge is 2.17. The highest BCUT2D eigenvalue weighted by molar-refractivity contribution is 7.99. The van der Waals surface area contributed by atoms with Crippen LogP contribution in [0.1, 0.15) is 17.3 Å². The summed E-state index contributed by atoms with van der Waals surface area (Å²) in [5, 5.41) is 12.4. The molecule has 0 bridgehead atoms. The molecule has 0 fully saturated rings. The zero-order valence-corrected chi connectivity index (χ0v) is 17.5. The maximum Gasteiger partial charge on any atom is 0.339 e. The lowest BCUT2D eigenvalue weighted by molar-refractivity contribution is -0.113. The summed E-state index contributed by atoms with van der Waals surface area (Å²) in [6.07, 6.45) is 0. The Balaban J connectivity index is 1.71. The van der Waals surface area contributed by atoms with Crippen molar-refractivity contribution >= 4 is 40.9 Å². The average molecular weight is 431 g/mol. The summed E-state index contributed by atoms with van der Waals surface area (Å²) in [6.45, 7) is 2.62. The molecule has 3 aromatic rings. The van der Waals surface area contributed by atoms with Crippen molar-refractivity contribution in [2.45, 2.75) is 18.6 Å². The summed E-state index contributed by atoms with van der Waals surface area (Å²) in [4.78, 5) is 24.2. The van der Waals surface area contributed by atoms with Crippen molar-refractivity contribution in [2.24, 2.45) is 0 Å². The Kier molecular flexibility index (Phi) is 6.90. The molecule has 150 valence electrons. The van der Waals surface area contributed by atoms with Crippen molar-refractivity contribution in [1.29, 1.82) is 0 Å². The van der Waals surface area contributed by atoms with E-state index in [2.05, 4.69) is 15.5 Å². The molecule has 1 aromatic heterocycles. The first kappa shape index (κ1) is 20.9. The molecule has 0 aliphatic rings. The van der Waals surface area contributed by atoms with Crippen molar-refractivity contribution in [3.8, 4) is 11.4 Å². The van der Waals surface area contributed by atoms with Crippen LogP contribution in [0.4, 0.5) is 5.69 Å². The van der Waals surface area contributed by atoms with Crippen LogP contribution in [-0.2, 0) is 16.1 Å². The number of amides is 1. The fourth-order valence-corrected chi connectivity index (χ4v) is 3.71. The number of rotatable bonds is 7. The number of benzene rings is 2. The summed E-state index contributed by atoms with van der Waals surface area (Å²) >= 11 is 7.34. The highest BCUT2D eigenvalue weighted by Crippen LogP contribution is 2.26.